The van der Waals surface area contributed by atoms with Crippen molar-refractivity contribution in [1.29, 1.82) is 0 Å². The molecule has 3 aliphatic carbocycles. The van der Waals surface area contributed by atoms with Gasteiger partial charge in [-0.3, -0.25) is 9.59 Å². The Labute approximate surface area is 246 Å². The monoisotopic (exact) mass is 628 g/mol. The second-order valence-electron chi connectivity index (χ2n) is 12.7. The molecule has 0 aliphatic heterocycles. The van der Waals surface area contributed by atoms with E-state index in [2.05, 4.69) is 35.5 Å². The zero-order valence-electron chi connectivity index (χ0n) is 24.6. The fraction of sp³-hybridized carbons (Fsp3) is 0.889. The maximum absolute atomic E-state index is 13.5. The van der Waals surface area contributed by atoms with Crippen LogP contribution in [0, 0.1) is 22.7 Å². The summed E-state index contributed by atoms with van der Waals surface area (Å²) in [4.78, 5) is 34.1. The summed E-state index contributed by atoms with van der Waals surface area (Å²) in [7, 11) is -4.21. The lowest BCUT2D eigenvalue weighted by Gasteiger charge is -2.40. The van der Waals surface area contributed by atoms with Crippen LogP contribution >= 0.6 is 0 Å². The lowest BCUT2D eigenvalue weighted by atomic mass is 9.69. The normalized spacial score (nSPS) is 27.0. The summed E-state index contributed by atoms with van der Waals surface area (Å²) in [6, 6.07) is -2.18. The van der Waals surface area contributed by atoms with E-state index in [1.165, 1.54) is 12.8 Å². The van der Waals surface area contributed by atoms with Crippen molar-refractivity contribution in [1.82, 2.24) is 14.8 Å². The maximum atomic E-state index is 13.5. The SMILES string of the molecule is CC1(C)[C@@H]2CC[C@@]1(C)[C@H](NC(=O)[C@H](CC1CCCCC1)NS(=O)(=O)N[C@@H](CCCCN)C(=O)O)C2.O=C(O)C(F)(F)F. The van der Waals surface area contributed by atoms with Crippen molar-refractivity contribution in [3.05, 3.63) is 0 Å². The Morgan fingerprint density at radius 3 is 2.00 bits per heavy atom. The lowest BCUT2D eigenvalue weighted by Crippen LogP contribution is -2.57. The first kappa shape index (κ1) is 36.2. The van der Waals surface area contributed by atoms with Gasteiger partial charge in [0.25, 0.3) is 10.2 Å². The second-order valence-corrected chi connectivity index (χ2v) is 14.2. The summed E-state index contributed by atoms with van der Waals surface area (Å²) in [6.45, 7) is 7.21. The highest BCUT2D eigenvalue weighted by atomic mass is 32.2. The maximum Gasteiger partial charge on any atom is 0.490 e. The number of alkyl halides is 3. The highest BCUT2D eigenvalue weighted by Crippen LogP contribution is 2.65. The van der Waals surface area contributed by atoms with Gasteiger partial charge in [-0.15, -0.1) is 0 Å². The molecule has 2 bridgehead atoms. The summed E-state index contributed by atoms with van der Waals surface area (Å²) in [5.41, 5.74) is 5.59. The summed E-state index contributed by atoms with van der Waals surface area (Å²) in [5.74, 6) is -3.47. The van der Waals surface area contributed by atoms with E-state index in [1.54, 1.807) is 0 Å². The molecular formula is C27H47F3N4O7S. The summed E-state index contributed by atoms with van der Waals surface area (Å²) in [6.07, 6.45) is 5.03. The van der Waals surface area contributed by atoms with E-state index >= 15 is 0 Å². The minimum atomic E-state index is -5.08. The number of aliphatic carboxylic acids is 2. The number of hydrogen-bond acceptors (Lipinski definition) is 6. The molecule has 3 saturated carbocycles. The van der Waals surface area contributed by atoms with Gasteiger partial charge in [-0.25, -0.2) is 4.79 Å². The molecule has 0 radical (unpaired) electrons. The predicted molar refractivity (Wildman–Crippen MR) is 149 cm³/mol. The molecule has 0 unspecified atom stereocenters. The van der Waals surface area contributed by atoms with Crippen LogP contribution in [0.4, 0.5) is 13.2 Å². The van der Waals surface area contributed by atoms with Gasteiger partial charge in [0.2, 0.25) is 5.91 Å². The summed E-state index contributed by atoms with van der Waals surface area (Å²) in [5, 5.41) is 19.8. The van der Waals surface area contributed by atoms with Crippen molar-refractivity contribution in [2.45, 2.75) is 122 Å². The van der Waals surface area contributed by atoms with Gasteiger partial charge in [0.15, 0.2) is 0 Å². The van der Waals surface area contributed by atoms with E-state index in [-0.39, 0.29) is 35.1 Å². The molecule has 244 valence electrons. The largest absolute Gasteiger partial charge is 0.490 e. The van der Waals surface area contributed by atoms with Gasteiger partial charge < -0.3 is 21.3 Å². The molecule has 0 saturated heterocycles. The quantitative estimate of drug-likeness (QED) is 0.168. The predicted octanol–water partition coefficient (Wildman–Crippen LogP) is 3.30. The van der Waals surface area contributed by atoms with Crippen LogP contribution in [0.2, 0.25) is 0 Å². The topological polar surface area (TPSA) is 188 Å². The highest BCUT2D eigenvalue weighted by Gasteiger charge is 2.61. The molecule has 7 N–H and O–H groups in total. The van der Waals surface area contributed by atoms with Crippen molar-refractivity contribution >= 4 is 28.1 Å². The van der Waals surface area contributed by atoms with E-state index in [1.807, 2.05) is 0 Å². The smallest absolute Gasteiger partial charge is 0.480 e. The van der Waals surface area contributed by atoms with Gasteiger partial charge in [-0.1, -0.05) is 59.3 Å². The van der Waals surface area contributed by atoms with Crippen molar-refractivity contribution in [2.24, 2.45) is 28.4 Å². The molecular weight excluding hydrogens is 581 g/mol. The van der Waals surface area contributed by atoms with E-state index in [0.717, 1.165) is 38.5 Å². The Bertz CT molecular complexity index is 1050. The molecule has 3 rings (SSSR count). The van der Waals surface area contributed by atoms with E-state index in [9.17, 15) is 36.3 Å². The third kappa shape index (κ3) is 9.52. The number of rotatable bonds is 13. The first-order chi connectivity index (χ1) is 19.3. The molecule has 5 atom stereocenters. The van der Waals surface area contributed by atoms with E-state index in [4.69, 9.17) is 15.6 Å². The number of nitrogens with two attached hydrogens (primary N) is 1. The zero-order valence-corrected chi connectivity index (χ0v) is 25.5. The van der Waals surface area contributed by atoms with Crippen molar-refractivity contribution < 1.29 is 46.2 Å². The molecule has 1 amide bonds. The van der Waals surface area contributed by atoms with Crippen molar-refractivity contribution in [3.8, 4) is 0 Å². The van der Waals surface area contributed by atoms with Crippen LogP contribution in [0.3, 0.4) is 0 Å². The fourth-order valence-electron chi connectivity index (χ4n) is 6.79. The van der Waals surface area contributed by atoms with Gasteiger partial charge >= 0.3 is 18.1 Å². The Morgan fingerprint density at radius 1 is 0.976 bits per heavy atom. The molecule has 0 aromatic heterocycles. The Hall–Kier alpha value is -1.97. The third-order valence-corrected chi connectivity index (χ3v) is 11.0. The van der Waals surface area contributed by atoms with Gasteiger partial charge in [0.1, 0.15) is 12.1 Å². The molecule has 3 fully saturated rings. The van der Waals surface area contributed by atoms with Crippen LogP contribution in [0.15, 0.2) is 0 Å². The Kier molecular flexibility index (Phi) is 12.7. The van der Waals surface area contributed by atoms with Crippen LogP contribution in [-0.4, -0.2) is 67.3 Å². The molecule has 0 heterocycles. The molecule has 15 heteroatoms. The molecule has 0 aromatic carbocycles. The van der Waals surface area contributed by atoms with Crippen LogP contribution < -0.4 is 20.5 Å². The standard InChI is InChI=1S/C25H46N4O5S.C2HF3O2/c1-24(2)18-12-13-25(24,3)21(16-18)27-22(30)20(15-17-9-5-4-6-10-17)29-35(33,34)28-19(23(31)32)11-7-8-14-26;3-2(4,5)1(6)7/h17-21,28-29H,4-16,26H2,1-3H3,(H,27,30)(H,31,32);(H,6,7)/t18-,19+,20+,21-,25+;/m1./s1. The second kappa shape index (κ2) is 14.7. The number of fused-ring (bicyclic) bond motifs is 2. The number of carbonyl (C=O) groups is 3. The molecule has 11 nitrogen and oxygen atoms in total. The molecule has 0 aromatic rings. The van der Waals surface area contributed by atoms with E-state index < -0.39 is 40.4 Å². The van der Waals surface area contributed by atoms with Gasteiger partial charge in [-0.05, 0) is 67.7 Å². The van der Waals surface area contributed by atoms with Crippen LogP contribution in [0.25, 0.3) is 0 Å². The number of nitrogens with one attached hydrogen (secondary N) is 3. The van der Waals surface area contributed by atoms with Crippen molar-refractivity contribution in [3.63, 3.8) is 0 Å². The Morgan fingerprint density at radius 2 is 1.55 bits per heavy atom. The highest BCUT2D eigenvalue weighted by molar-refractivity contribution is 7.87. The number of carboxylic acids is 2. The average Bonchev–Trinajstić information content (AvgIpc) is 3.21. The number of carbonyl (C=O) groups excluding carboxylic acids is 1. The van der Waals surface area contributed by atoms with Crippen molar-refractivity contribution in [2.75, 3.05) is 6.54 Å². The lowest BCUT2D eigenvalue weighted by molar-refractivity contribution is -0.192. The van der Waals surface area contributed by atoms with Crippen LogP contribution in [0.1, 0.15) is 97.8 Å². The zero-order chi connectivity index (χ0) is 31.9. The van der Waals surface area contributed by atoms with E-state index in [0.29, 0.717) is 31.7 Å². The number of amides is 1. The minimum Gasteiger partial charge on any atom is -0.480 e. The first-order valence-corrected chi connectivity index (χ1v) is 16.1. The number of halogens is 3. The van der Waals surface area contributed by atoms with Gasteiger partial charge in [0, 0.05) is 6.04 Å². The van der Waals surface area contributed by atoms with Gasteiger partial charge in [0.05, 0.1) is 0 Å². The number of hydrogen-bond donors (Lipinski definition) is 6. The third-order valence-electron chi connectivity index (χ3n) is 9.80. The van der Waals surface area contributed by atoms with Crippen LogP contribution in [0.5, 0.6) is 0 Å². The molecule has 42 heavy (non-hydrogen) atoms. The average molecular weight is 629 g/mol. The minimum absolute atomic E-state index is 0.0121. The molecule has 3 aliphatic rings. The Balaban J connectivity index is 0.000000782. The van der Waals surface area contributed by atoms with Crippen LogP contribution in [-0.2, 0) is 24.6 Å². The first-order valence-electron chi connectivity index (χ1n) is 14.7. The fourth-order valence-corrected chi connectivity index (χ4v) is 8.03. The number of unbranched alkanes of at least 4 members (excludes halogenated alkanes) is 1. The van der Waals surface area contributed by atoms with Gasteiger partial charge in [-0.2, -0.15) is 31.0 Å². The summed E-state index contributed by atoms with van der Waals surface area (Å²) < 4.78 is 62.5. The summed E-state index contributed by atoms with van der Waals surface area (Å²) >= 11 is 0. The molecule has 0 spiro atoms. The number of carboxylic acid groups (broad SMARTS) is 2.